The lowest BCUT2D eigenvalue weighted by atomic mass is 9.74. The standard InChI is InChI=1S/2C14H26O4.C10H18F4.2C10H22O2.5CH4/c2*1-9(15)17-11(13(3,4)5)12(14(6,7)8)18-10(2)16;1-7(2,3)9(11,12)10(13,14)8(4,5)6;2*1-9(2,3)7(11)8(12)10(4,5)6;;;;;/h2*11-12H,1-8H3;1-6H3;2*7-8,11-12H,1-6H3;5*1H4/t11-,12-;;;7-,8-;;;;;;/m0..0....../s1. The fourth-order valence-corrected chi connectivity index (χ4v) is 6.32. The van der Waals surface area contributed by atoms with Gasteiger partial charge in [-0.2, -0.15) is 17.6 Å². The molecule has 0 aliphatic heterocycles. The molecule has 4 N–H and O–H groups in total. The van der Waals surface area contributed by atoms with Gasteiger partial charge in [0.2, 0.25) is 0 Å². The van der Waals surface area contributed by atoms with Crippen molar-refractivity contribution in [2.75, 3.05) is 0 Å². The predicted molar refractivity (Wildman–Crippen MR) is 324 cm³/mol. The van der Waals surface area contributed by atoms with Crippen LogP contribution in [0.3, 0.4) is 0 Å². The first-order valence-corrected chi connectivity index (χ1v) is 25.8. The Bertz CT molecular complexity index is 1450. The van der Waals surface area contributed by atoms with Crippen molar-refractivity contribution in [3.05, 3.63) is 0 Å². The van der Waals surface area contributed by atoms with E-state index in [9.17, 15) is 57.2 Å². The van der Waals surface area contributed by atoms with Gasteiger partial charge in [0.25, 0.3) is 0 Å². The van der Waals surface area contributed by atoms with E-state index in [4.69, 9.17) is 18.9 Å². The molecule has 0 aliphatic carbocycles. The molecular weight excluding hydrogens is 1020 g/mol. The summed E-state index contributed by atoms with van der Waals surface area (Å²) in [5.74, 6) is -9.49. The van der Waals surface area contributed by atoms with Crippen LogP contribution in [-0.2, 0) is 38.1 Å². The molecule has 486 valence electrons. The van der Waals surface area contributed by atoms with E-state index in [0.29, 0.717) is 0 Å². The highest BCUT2D eigenvalue weighted by atomic mass is 19.3. The second kappa shape index (κ2) is 34.9. The Morgan fingerprint density at radius 2 is 0.367 bits per heavy atom. The maximum atomic E-state index is 13.5. The predicted octanol–water partition coefficient (Wildman–Crippen LogP) is 17.0. The summed E-state index contributed by atoms with van der Waals surface area (Å²) in [7, 11) is 0. The minimum Gasteiger partial charge on any atom is -0.458 e. The summed E-state index contributed by atoms with van der Waals surface area (Å²) in [5.41, 5.74) is -5.75. The molecule has 0 rings (SSSR count). The molecule has 8 atom stereocenters. The lowest BCUT2D eigenvalue weighted by Gasteiger charge is -2.42. The molecule has 0 aliphatic rings. The van der Waals surface area contributed by atoms with Crippen molar-refractivity contribution in [2.24, 2.45) is 54.1 Å². The average Bonchev–Trinajstić information content (AvgIpc) is 3.09. The Hall–Kier alpha value is -2.56. The van der Waals surface area contributed by atoms with Crippen LogP contribution in [0.4, 0.5) is 17.6 Å². The Labute approximate surface area is 485 Å². The molecule has 0 saturated carbocycles. The van der Waals surface area contributed by atoms with Gasteiger partial charge in [-0.1, -0.05) is 245 Å². The second-order valence-electron chi connectivity index (χ2n) is 30.5. The number of alkyl halides is 4. The Balaban J connectivity index is -0.0000000936. The van der Waals surface area contributed by atoms with E-state index in [-0.39, 0.29) is 104 Å². The first kappa shape index (κ1) is 98.6. The SMILES string of the molecule is C.C.C.C.C.CC(=O)OC(C(OC(C)=O)C(C)(C)C)C(C)(C)C.CC(=O)O[C@@H]([C@H](OC(C)=O)C(C)(C)C)C(C)(C)C.CC(C)(C)C(F)(F)C(F)(F)C(C)(C)C.CC(C)(C)C(O)C(O)C(C)(C)C.CC(C)(C)[C@@H](O)[C@H](O)C(C)(C)C. The third-order valence-electron chi connectivity index (χ3n) is 11.6. The molecule has 16 heteroatoms. The van der Waals surface area contributed by atoms with Crippen molar-refractivity contribution in [1.82, 2.24) is 0 Å². The smallest absolute Gasteiger partial charge is 0.315 e. The number of rotatable bonds is 9. The van der Waals surface area contributed by atoms with E-state index >= 15 is 0 Å². The lowest BCUT2D eigenvalue weighted by Crippen LogP contribution is -2.56. The molecule has 0 radical (unpaired) electrons. The largest absolute Gasteiger partial charge is 0.458 e. The zero-order chi connectivity index (χ0) is 61.8. The van der Waals surface area contributed by atoms with Gasteiger partial charge < -0.3 is 39.4 Å². The van der Waals surface area contributed by atoms with Gasteiger partial charge in [0, 0.05) is 60.2 Å². The van der Waals surface area contributed by atoms with Gasteiger partial charge in [0.1, 0.15) is 24.4 Å². The van der Waals surface area contributed by atoms with Crippen LogP contribution in [0.1, 0.15) is 273 Å². The molecule has 79 heavy (non-hydrogen) atoms. The summed E-state index contributed by atoms with van der Waals surface area (Å²) in [6, 6.07) is 0. The number of aliphatic hydroxyl groups excluding tert-OH is 4. The topological polar surface area (TPSA) is 186 Å². The van der Waals surface area contributed by atoms with Gasteiger partial charge in [-0.3, -0.25) is 19.2 Å². The van der Waals surface area contributed by atoms with Gasteiger partial charge in [-0.25, -0.2) is 0 Å². The normalized spacial score (nSPS) is 15.8. The molecule has 0 bridgehead atoms. The molecule has 0 aromatic carbocycles. The highest BCUT2D eigenvalue weighted by Gasteiger charge is 2.67. The van der Waals surface area contributed by atoms with Crippen molar-refractivity contribution in [3.63, 3.8) is 0 Å². The lowest BCUT2D eigenvalue weighted by molar-refractivity contribution is -0.295. The highest BCUT2D eigenvalue weighted by Crippen LogP contribution is 2.54. The van der Waals surface area contributed by atoms with Crippen LogP contribution in [0.2, 0.25) is 0 Å². The monoisotopic (exact) mass is 1160 g/mol. The molecular formula is C63H134F4O12. The zero-order valence-corrected chi connectivity index (χ0v) is 53.2. The Kier molecular flexibility index (Phi) is 43.5. The van der Waals surface area contributed by atoms with Gasteiger partial charge in [0.15, 0.2) is 0 Å². The minimum absolute atomic E-state index is 0. The van der Waals surface area contributed by atoms with Crippen LogP contribution in [0.5, 0.6) is 0 Å². The molecule has 12 nitrogen and oxygen atoms in total. The molecule has 0 spiro atoms. The fraction of sp³-hybridized carbons (Fsp3) is 0.937. The Morgan fingerprint density at radius 3 is 0.418 bits per heavy atom. The van der Waals surface area contributed by atoms with Gasteiger partial charge in [-0.15, -0.1) is 0 Å². The van der Waals surface area contributed by atoms with Crippen molar-refractivity contribution < 1.29 is 76.1 Å². The fourth-order valence-electron chi connectivity index (χ4n) is 6.32. The third-order valence-corrected chi connectivity index (χ3v) is 11.6. The summed E-state index contributed by atoms with van der Waals surface area (Å²) in [4.78, 5) is 45.0. The highest BCUT2D eigenvalue weighted by molar-refractivity contribution is 5.68. The van der Waals surface area contributed by atoms with Gasteiger partial charge in [-0.05, 0) is 21.7 Å². The maximum absolute atomic E-state index is 13.5. The summed E-state index contributed by atoms with van der Waals surface area (Å²) >= 11 is 0. The van der Waals surface area contributed by atoms with E-state index in [1.165, 1.54) is 27.7 Å². The van der Waals surface area contributed by atoms with E-state index in [2.05, 4.69) is 0 Å². The molecule has 0 aromatic rings. The molecule has 0 amide bonds. The average molecular weight is 1160 g/mol. The number of hydrogen-bond acceptors (Lipinski definition) is 12. The zero-order valence-electron chi connectivity index (χ0n) is 53.2. The second-order valence-corrected chi connectivity index (χ2v) is 30.5. The van der Waals surface area contributed by atoms with Crippen molar-refractivity contribution in [1.29, 1.82) is 0 Å². The number of carbonyl (C=O) groups is 4. The van der Waals surface area contributed by atoms with Crippen LogP contribution in [0, 0.1) is 54.1 Å². The Morgan fingerprint density at radius 1 is 0.266 bits per heavy atom. The number of esters is 4. The summed E-state index contributed by atoms with van der Waals surface area (Å²) < 4.78 is 75.4. The molecule has 4 unspecified atom stereocenters. The van der Waals surface area contributed by atoms with Crippen LogP contribution in [-0.4, -0.2) is 105 Å². The van der Waals surface area contributed by atoms with Crippen molar-refractivity contribution >= 4 is 23.9 Å². The van der Waals surface area contributed by atoms with Gasteiger partial charge in [0.05, 0.1) is 24.4 Å². The third kappa shape index (κ3) is 37.3. The number of hydrogen-bond donors (Lipinski definition) is 4. The number of aliphatic hydroxyl groups is 4. The van der Waals surface area contributed by atoms with Crippen LogP contribution in [0.25, 0.3) is 0 Å². The molecule has 0 saturated heterocycles. The number of ether oxygens (including phenoxy) is 4. The summed E-state index contributed by atoms with van der Waals surface area (Å²) in [6.07, 6.45) is -4.57. The first-order chi connectivity index (χ1) is 31.6. The maximum Gasteiger partial charge on any atom is 0.315 e. The quantitative estimate of drug-likeness (QED) is 0.0974. The molecule has 0 heterocycles. The summed E-state index contributed by atoms with van der Waals surface area (Å²) in [6.45, 7) is 58.8. The van der Waals surface area contributed by atoms with E-state index in [0.717, 1.165) is 41.5 Å². The van der Waals surface area contributed by atoms with E-state index in [1.807, 2.05) is 166 Å². The summed E-state index contributed by atoms with van der Waals surface area (Å²) in [5, 5.41) is 39.0. The van der Waals surface area contributed by atoms with Crippen LogP contribution < -0.4 is 0 Å². The molecule has 0 fully saturated rings. The number of carbonyl (C=O) groups excluding carboxylic acids is 4. The van der Waals surface area contributed by atoms with Crippen LogP contribution >= 0.6 is 0 Å². The first-order valence-electron chi connectivity index (χ1n) is 25.8. The van der Waals surface area contributed by atoms with E-state index < -0.39 is 71.5 Å². The minimum atomic E-state index is -4.02. The van der Waals surface area contributed by atoms with Crippen molar-refractivity contribution in [2.45, 2.75) is 333 Å². The number of halogens is 4. The molecule has 0 aromatic heterocycles. The van der Waals surface area contributed by atoms with E-state index in [1.54, 1.807) is 0 Å². The van der Waals surface area contributed by atoms with Crippen molar-refractivity contribution in [3.8, 4) is 0 Å². The van der Waals surface area contributed by atoms with Crippen LogP contribution in [0.15, 0.2) is 0 Å². The van der Waals surface area contributed by atoms with Gasteiger partial charge >= 0.3 is 35.7 Å².